The number of ether oxygens (including phenoxy) is 1. The van der Waals surface area contributed by atoms with Gasteiger partial charge in [-0.05, 0) is 64.6 Å². The maximum Gasteiger partial charge on any atom is 0.0468 e. The molecule has 0 radical (unpaired) electrons. The predicted octanol–water partition coefficient (Wildman–Crippen LogP) is 3.68. The van der Waals surface area contributed by atoms with Crippen LogP contribution >= 0.6 is 0 Å². The second kappa shape index (κ2) is 9.81. The molecule has 1 fully saturated rings. The van der Waals surface area contributed by atoms with Crippen molar-refractivity contribution in [3.05, 3.63) is 0 Å². The molecule has 1 heterocycles. The molecule has 0 aromatic heterocycles. The van der Waals surface area contributed by atoms with Gasteiger partial charge in [0.1, 0.15) is 0 Å². The van der Waals surface area contributed by atoms with Gasteiger partial charge in [-0.3, -0.25) is 4.90 Å². The summed E-state index contributed by atoms with van der Waals surface area (Å²) in [5, 5.41) is 3.87. The molecule has 3 nitrogen and oxygen atoms in total. The first-order chi connectivity index (χ1) is 10.1. The van der Waals surface area contributed by atoms with Gasteiger partial charge in [0.05, 0.1) is 0 Å². The third-order valence-electron chi connectivity index (χ3n) is 5.50. The van der Waals surface area contributed by atoms with E-state index in [4.69, 9.17) is 4.74 Å². The molecule has 0 aromatic carbocycles. The van der Waals surface area contributed by atoms with Gasteiger partial charge in [-0.15, -0.1) is 0 Å². The molecule has 0 amide bonds. The molecule has 2 atom stereocenters. The van der Waals surface area contributed by atoms with Crippen molar-refractivity contribution in [1.29, 1.82) is 0 Å². The Hall–Kier alpha value is -0.120. The largest absolute Gasteiger partial charge is 0.381 e. The summed E-state index contributed by atoms with van der Waals surface area (Å²) < 4.78 is 5.53. The molecule has 1 N–H and O–H groups in total. The minimum absolute atomic E-state index is 0.261. The van der Waals surface area contributed by atoms with Gasteiger partial charge in [0.25, 0.3) is 0 Å². The van der Waals surface area contributed by atoms with Gasteiger partial charge in [0.15, 0.2) is 0 Å². The molecular weight excluding hydrogens is 260 g/mol. The summed E-state index contributed by atoms with van der Waals surface area (Å²) in [6.45, 7) is 17.0. The van der Waals surface area contributed by atoms with Crippen LogP contribution in [-0.2, 0) is 4.74 Å². The molecule has 1 aliphatic rings. The maximum absolute atomic E-state index is 5.53. The highest BCUT2D eigenvalue weighted by atomic mass is 16.5. The molecule has 1 saturated heterocycles. The lowest BCUT2D eigenvalue weighted by Crippen LogP contribution is -2.60. The summed E-state index contributed by atoms with van der Waals surface area (Å²) in [5.74, 6) is 0.828. The number of hydrogen-bond acceptors (Lipinski definition) is 3. The van der Waals surface area contributed by atoms with E-state index >= 15 is 0 Å². The molecule has 0 saturated carbocycles. The molecule has 1 rings (SSSR count). The Morgan fingerprint density at radius 2 is 1.76 bits per heavy atom. The van der Waals surface area contributed by atoms with Crippen LogP contribution in [-0.4, -0.2) is 49.3 Å². The first-order valence-electron chi connectivity index (χ1n) is 9.18. The number of rotatable bonds is 10. The zero-order chi connectivity index (χ0) is 15.7. The van der Waals surface area contributed by atoms with E-state index in [1.54, 1.807) is 0 Å². The van der Waals surface area contributed by atoms with E-state index in [9.17, 15) is 0 Å². The Bertz CT molecular complexity index is 262. The minimum atomic E-state index is 0.261. The van der Waals surface area contributed by atoms with Crippen LogP contribution in [0.5, 0.6) is 0 Å². The Labute approximate surface area is 132 Å². The summed E-state index contributed by atoms with van der Waals surface area (Å²) in [6, 6.07) is 0.588. The first-order valence-corrected chi connectivity index (χ1v) is 9.18. The van der Waals surface area contributed by atoms with E-state index in [-0.39, 0.29) is 5.54 Å². The fraction of sp³-hybridized carbons (Fsp3) is 1.00. The lowest BCUT2D eigenvalue weighted by atomic mass is 9.79. The Morgan fingerprint density at radius 3 is 2.24 bits per heavy atom. The van der Waals surface area contributed by atoms with Crippen molar-refractivity contribution in [2.45, 2.75) is 78.3 Å². The standard InChI is InChI=1S/C18H38N2O/c1-6-12-19-17(15-16-10-13-21-14-11-16)18(5,7-2)20(8-3)9-4/h16-17,19H,6-15H2,1-5H3. The van der Waals surface area contributed by atoms with Crippen molar-refractivity contribution < 1.29 is 4.74 Å². The predicted molar refractivity (Wildman–Crippen MR) is 91.9 cm³/mol. The van der Waals surface area contributed by atoms with Crippen LogP contribution in [0.15, 0.2) is 0 Å². The second-order valence-corrected chi connectivity index (χ2v) is 6.68. The van der Waals surface area contributed by atoms with Crippen molar-refractivity contribution in [2.24, 2.45) is 5.92 Å². The van der Waals surface area contributed by atoms with Gasteiger partial charge in [-0.25, -0.2) is 0 Å². The molecule has 21 heavy (non-hydrogen) atoms. The van der Waals surface area contributed by atoms with Crippen molar-refractivity contribution >= 4 is 0 Å². The topological polar surface area (TPSA) is 24.5 Å². The Morgan fingerprint density at radius 1 is 1.14 bits per heavy atom. The van der Waals surface area contributed by atoms with E-state index in [1.165, 1.54) is 32.1 Å². The van der Waals surface area contributed by atoms with Crippen molar-refractivity contribution in [3.63, 3.8) is 0 Å². The highest BCUT2D eigenvalue weighted by molar-refractivity contribution is 4.97. The van der Waals surface area contributed by atoms with E-state index in [0.717, 1.165) is 38.8 Å². The molecule has 0 aromatic rings. The number of nitrogens with zero attached hydrogens (tertiary/aromatic N) is 1. The zero-order valence-corrected chi connectivity index (χ0v) is 15.1. The van der Waals surface area contributed by atoms with E-state index in [2.05, 4.69) is 44.8 Å². The van der Waals surface area contributed by atoms with E-state index in [1.807, 2.05) is 0 Å². The quantitative estimate of drug-likeness (QED) is 0.666. The zero-order valence-electron chi connectivity index (χ0n) is 15.1. The SMILES string of the molecule is CCCNC(CC1CCOCC1)C(C)(CC)N(CC)CC. The van der Waals surface area contributed by atoms with Crippen LogP contribution in [0.2, 0.25) is 0 Å². The lowest BCUT2D eigenvalue weighted by molar-refractivity contribution is 0.0307. The van der Waals surface area contributed by atoms with Crippen molar-refractivity contribution in [1.82, 2.24) is 10.2 Å². The fourth-order valence-electron chi connectivity index (χ4n) is 3.83. The van der Waals surface area contributed by atoms with Gasteiger partial charge in [0.2, 0.25) is 0 Å². The highest BCUT2D eigenvalue weighted by Crippen LogP contribution is 2.30. The molecule has 0 aliphatic carbocycles. The van der Waals surface area contributed by atoms with Crippen LogP contribution < -0.4 is 5.32 Å². The molecule has 1 aliphatic heterocycles. The number of nitrogens with one attached hydrogen (secondary N) is 1. The Balaban J connectivity index is 2.80. The van der Waals surface area contributed by atoms with Crippen LogP contribution in [0, 0.1) is 5.92 Å². The average Bonchev–Trinajstić information content (AvgIpc) is 2.53. The van der Waals surface area contributed by atoms with Gasteiger partial charge in [-0.1, -0.05) is 27.7 Å². The minimum Gasteiger partial charge on any atom is -0.381 e. The average molecular weight is 299 g/mol. The van der Waals surface area contributed by atoms with Gasteiger partial charge in [-0.2, -0.15) is 0 Å². The summed E-state index contributed by atoms with van der Waals surface area (Å²) in [6.07, 6.45) is 6.19. The second-order valence-electron chi connectivity index (χ2n) is 6.68. The normalized spacial score (nSPS) is 21.4. The highest BCUT2D eigenvalue weighted by Gasteiger charge is 2.37. The molecular formula is C18H38N2O. The van der Waals surface area contributed by atoms with Gasteiger partial charge >= 0.3 is 0 Å². The third kappa shape index (κ3) is 5.22. The molecule has 0 bridgehead atoms. The maximum atomic E-state index is 5.53. The Kier molecular flexibility index (Phi) is 8.84. The van der Waals surface area contributed by atoms with E-state index in [0.29, 0.717) is 6.04 Å². The smallest absolute Gasteiger partial charge is 0.0468 e. The number of likely N-dealkylation sites (N-methyl/N-ethyl adjacent to an activating group) is 1. The molecule has 2 unspecified atom stereocenters. The number of hydrogen-bond donors (Lipinski definition) is 1. The van der Waals surface area contributed by atoms with Crippen LogP contribution in [0.4, 0.5) is 0 Å². The van der Waals surface area contributed by atoms with Crippen LogP contribution in [0.1, 0.15) is 66.7 Å². The third-order valence-corrected chi connectivity index (χ3v) is 5.50. The fourth-order valence-corrected chi connectivity index (χ4v) is 3.83. The first kappa shape index (κ1) is 18.9. The summed E-state index contributed by atoms with van der Waals surface area (Å²) >= 11 is 0. The molecule has 126 valence electrons. The summed E-state index contributed by atoms with van der Waals surface area (Å²) in [5.41, 5.74) is 0.261. The van der Waals surface area contributed by atoms with Crippen LogP contribution in [0.3, 0.4) is 0 Å². The summed E-state index contributed by atoms with van der Waals surface area (Å²) in [7, 11) is 0. The molecule has 0 spiro atoms. The van der Waals surface area contributed by atoms with Crippen molar-refractivity contribution in [2.75, 3.05) is 32.8 Å². The van der Waals surface area contributed by atoms with Crippen molar-refractivity contribution in [3.8, 4) is 0 Å². The monoisotopic (exact) mass is 298 g/mol. The molecule has 3 heteroatoms. The van der Waals surface area contributed by atoms with Crippen LogP contribution in [0.25, 0.3) is 0 Å². The van der Waals surface area contributed by atoms with Gasteiger partial charge < -0.3 is 10.1 Å². The van der Waals surface area contributed by atoms with E-state index < -0.39 is 0 Å². The summed E-state index contributed by atoms with van der Waals surface area (Å²) in [4.78, 5) is 2.65. The van der Waals surface area contributed by atoms with Gasteiger partial charge in [0, 0.05) is 24.8 Å². The lowest BCUT2D eigenvalue weighted by Gasteiger charge is -2.47.